The summed E-state index contributed by atoms with van der Waals surface area (Å²) in [5.74, 6) is 0.0797. The summed E-state index contributed by atoms with van der Waals surface area (Å²) in [6, 6.07) is 9.53. The van der Waals surface area contributed by atoms with Gasteiger partial charge < -0.3 is 15.5 Å². The third kappa shape index (κ3) is 6.50. The number of piperidine rings is 1. The van der Waals surface area contributed by atoms with Gasteiger partial charge in [-0.1, -0.05) is 37.3 Å². The van der Waals surface area contributed by atoms with E-state index in [9.17, 15) is 14.4 Å². The monoisotopic (exact) mass is 359 g/mol. The van der Waals surface area contributed by atoms with Crippen molar-refractivity contribution in [3.8, 4) is 0 Å². The zero-order chi connectivity index (χ0) is 18.8. The van der Waals surface area contributed by atoms with Crippen molar-refractivity contribution in [3.63, 3.8) is 0 Å². The molecule has 0 aliphatic carbocycles. The van der Waals surface area contributed by atoms with Crippen LogP contribution in [0.4, 0.5) is 0 Å². The Morgan fingerprint density at radius 1 is 1.04 bits per heavy atom. The fourth-order valence-corrected chi connectivity index (χ4v) is 3.09. The molecule has 0 saturated carbocycles. The molecule has 0 atom stereocenters. The molecule has 0 unspecified atom stereocenters. The van der Waals surface area contributed by atoms with Gasteiger partial charge >= 0.3 is 0 Å². The van der Waals surface area contributed by atoms with Gasteiger partial charge in [-0.25, -0.2) is 0 Å². The van der Waals surface area contributed by atoms with Crippen molar-refractivity contribution in [1.82, 2.24) is 15.5 Å². The minimum Gasteiger partial charge on any atom is -0.356 e. The van der Waals surface area contributed by atoms with E-state index in [4.69, 9.17) is 0 Å². The molecule has 1 aliphatic heterocycles. The Balaban J connectivity index is 1.63. The Labute approximate surface area is 155 Å². The maximum atomic E-state index is 12.3. The average molecular weight is 359 g/mol. The number of carbonyl (C=O) groups excluding carboxylic acids is 3. The molecular weight excluding hydrogens is 330 g/mol. The summed E-state index contributed by atoms with van der Waals surface area (Å²) < 4.78 is 0. The molecule has 0 radical (unpaired) electrons. The zero-order valence-electron chi connectivity index (χ0n) is 15.5. The Bertz CT molecular complexity index is 596. The molecule has 6 nitrogen and oxygen atoms in total. The van der Waals surface area contributed by atoms with E-state index in [0.717, 1.165) is 12.0 Å². The largest absolute Gasteiger partial charge is 0.356 e. The van der Waals surface area contributed by atoms with Crippen LogP contribution in [0.5, 0.6) is 0 Å². The molecule has 142 valence electrons. The number of nitrogens with one attached hydrogen (secondary N) is 2. The highest BCUT2D eigenvalue weighted by Gasteiger charge is 2.26. The van der Waals surface area contributed by atoms with E-state index >= 15 is 0 Å². The van der Waals surface area contributed by atoms with Crippen molar-refractivity contribution in [2.75, 3.05) is 26.2 Å². The lowest BCUT2D eigenvalue weighted by atomic mass is 9.95. The highest BCUT2D eigenvalue weighted by atomic mass is 16.2. The van der Waals surface area contributed by atoms with E-state index < -0.39 is 0 Å². The second kappa shape index (κ2) is 10.6. The van der Waals surface area contributed by atoms with Crippen LogP contribution in [0.3, 0.4) is 0 Å². The molecule has 6 heteroatoms. The molecule has 26 heavy (non-hydrogen) atoms. The number of amides is 3. The van der Waals surface area contributed by atoms with E-state index in [1.165, 1.54) is 0 Å². The van der Waals surface area contributed by atoms with E-state index in [-0.39, 0.29) is 23.6 Å². The van der Waals surface area contributed by atoms with Gasteiger partial charge in [0, 0.05) is 38.5 Å². The summed E-state index contributed by atoms with van der Waals surface area (Å²) in [5, 5.41) is 5.72. The predicted molar refractivity (Wildman–Crippen MR) is 100 cm³/mol. The van der Waals surface area contributed by atoms with Crippen LogP contribution in [-0.4, -0.2) is 48.8 Å². The Hall–Kier alpha value is -2.37. The first-order chi connectivity index (χ1) is 12.6. The lowest BCUT2D eigenvalue weighted by molar-refractivity contribution is -0.135. The average Bonchev–Trinajstić information content (AvgIpc) is 2.67. The zero-order valence-corrected chi connectivity index (χ0v) is 15.5. The third-order valence-corrected chi connectivity index (χ3v) is 4.64. The molecule has 0 spiro atoms. The van der Waals surface area contributed by atoms with Crippen molar-refractivity contribution in [2.45, 2.75) is 39.0 Å². The van der Waals surface area contributed by atoms with Crippen molar-refractivity contribution >= 4 is 17.7 Å². The van der Waals surface area contributed by atoms with Crippen molar-refractivity contribution in [1.29, 1.82) is 0 Å². The molecule has 2 N–H and O–H groups in total. The van der Waals surface area contributed by atoms with Crippen molar-refractivity contribution < 1.29 is 14.4 Å². The first kappa shape index (κ1) is 19.9. The van der Waals surface area contributed by atoms with E-state index in [2.05, 4.69) is 10.6 Å². The van der Waals surface area contributed by atoms with Crippen molar-refractivity contribution in [3.05, 3.63) is 35.9 Å². The third-order valence-electron chi connectivity index (χ3n) is 4.64. The molecule has 0 bridgehead atoms. The van der Waals surface area contributed by atoms with Crippen LogP contribution < -0.4 is 10.6 Å². The van der Waals surface area contributed by atoms with Crippen molar-refractivity contribution in [2.24, 2.45) is 5.92 Å². The molecule has 1 aliphatic rings. The minimum atomic E-state index is -0.0738. The SMILES string of the molecule is CCCNC(=O)C1CCN(C(=O)CCNC(=O)Cc2ccccc2)CC1. The van der Waals surface area contributed by atoms with Crippen LogP contribution >= 0.6 is 0 Å². The summed E-state index contributed by atoms with van der Waals surface area (Å²) in [5.41, 5.74) is 0.958. The number of hydrogen-bond acceptors (Lipinski definition) is 3. The van der Waals surface area contributed by atoms with E-state index in [1.54, 1.807) is 4.90 Å². The van der Waals surface area contributed by atoms with Gasteiger partial charge in [-0.2, -0.15) is 0 Å². The lowest BCUT2D eigenvalue weighted by Crippen LogP contribution is -2.44. The van der Waals surface area contributed by atoms with Gasteiger partial charge in [0.1, 0.15) is 0 Å². The van der Waals surface area contributed by atoms with Gasteiger partial charge in [0.05, 0.1) is 6.42 Å². The molecule has 1 heterocycles. The van der Waals surface area contributed by atoms with Crippen LogP contribution in [0.2, 0.25) is 0 Å². The van der Waals surface area contributed by atoms with Crippen LogP contribution in [0.25, 0.3) is 0 Å². The van der Waals surface area contributed by atoms with Gasteiger partial charge in [-0.05, 0) is 24.8 Å². The molecule has 0 aromatic heterocycles. The number of carbonyl (C=O) groups is 3. The van der Waals surface area contributed by atoms with Crippen LogP contribution in [-0.2, 0) is 20.8 Å². The number of rotatable bonds is 8. The van der Waals surface area contributed by atoms with E-state index in [1.807, 2.05) is 37.3 Å². The number of nitrogens with zero attached hydrogens (tertiary/aromatic N) is 1. The lowest BCUT2D eigenvalue weighted by Gasteiger charge is -2.31. The number of hydrogen-bond donors (Lipinski definition) is 2. The van der Waals surface area contributed by atoms with Gasteiger partial charge in [0.15, 0.2) is 0 Å². The summed E-state index contributed by atoms with van der Waals surface area (Å²) in [4.78, 5) is 37.9. The Morgan fingerprint density at radius 3 is 2.38 bits per heavy atom. The van der Waals surface area contributed by atoms with Crippen LogP contribution in [0, 0.1) is 5.92 Å². The normalized spacial score (nSPS) is 14.7. The van der Waals surface area contributed by atoms with Crippen LogP contribution in [0.1, 0.15) is 38.2 Å². The Morgan fingerprint density at radius 2 is 1.73 bits per heavy atom. The standard InChI is InChI=1S/C20H29N3O3/c1-2-11-22-20(26)17-9-13-23(14-10-17)19(25)8-12-21-18(24)15-16-6-4-3-5-7-16/h3-7,17H,2,8-15H2,1H3,(H,21,24)(H,22,26). The first-order valence-corrected chi connectivity index (χ1v) is 9.46. The molecule has 1 fully saturated rings. The second-order valence-corrected chi connectivity index (χ2v) is 6.71. The first-order valence-electron chi connectivity index (χ1n) is 9.46. The highest BCUT2D eigenvalue weighted by molar-refractivity contribution is 5.81. The van der Waals surface area contributed by atoms with Gasteiger partial charge in [0.25, 0.3) is 0 Å². The molecule has 1 aromatic carbocycles. The van der Waals surface area contributed by atoms with Gasteiger partial charge in [-0.3, -0.25) is 14.4 Å². The molecule has 2 rings (SSSR count). The Kier molecular flexibility index (Phi) is 8.12. The highest BCUT2D eigenvalue weighted by Crippen LogP contribution is 2.17. The maximum absolute atomic E-state index is 12.3. The fourth-order valence-electron chi connectivity index (χ4n) is 3.09. The van der Waals surface area contributed by atoms with Crippen LogP contribution in [0.15, 0.2) is 30.3 Å². The minimum absolute atomic E-state index is 0.0103. The van der Waals surface area contributed by atoms with Gasteiger partial charge in [-0.15, -0.1) is 0 Å². The van der Waals surface area contributed by atoms with Gasteiger partial charge in [0.2, 0.25) is 17.7 Å². The maximum Gasteiger partial charge on any atom is 0.224 e. The second-order valence-electron chi connectivity index (χ2n) is 6.71. The number of benzene rings is 1. The predicted octanol–water partition coefficient (Wildman–Crippen LogP) is 1.50. The summed E-state index contributed by atoms with van der Waals surface area (Å²) in [7, 11) is 0. The topological polar surface area (TPSA) is 78.5 Å². The molecule has 1 saturated heterocycles. The summed E-state index contributed by atoms with van der Waals surface area (Å²) in [6.45, 7) is 4.31. The fraction of sp³-hybridized carbons (Fsp3) is 0.550. The molecule has 1 aromatic rings. The summed E-state index contributed by atoms with van der Waals surface area (Å²) >= 11 is 0. The quantitative estimate of drug-likeness (QED) is 0.738. The van der Waals surface area contributed by atoms with E-state index in [0.29, 0.717) is 51.9 Å². The molecular formula is C20H29N3O3. The summed E-state index contributed by atoms with van der Waals surface area (Å²) in [6.07, 6.45) is 2.98. The smallest absolute Gasteiger partial charge is 0.224 e. The molecule has 3 amide bonds. The number of likely N-dealkylation sites (tertiary alicyclic amines) is 1.